The van der Waals surface area contributed by atoms with E-state index in [4.69, 9.17) is 16.2 Å². The summed E-state index contributed by atoms with van der Waals surface area (Å²) in [4.78, 5) is 4.35. The van der Waals surface area contributed by atoms with Gasteiger partial charge in [-0.25, -0.2) is 0 Å². The molecule has 0 radical (unpaired) electrons. The first kappa shape index (κ1) is 18.7. The molecule has 0 atom stereocenters. The Morgan fingerprint density at radius 1 is 1.19 bits per heavy atom. The van der Waals surface area contributed by atoms with E-state index in [0.29, 0.717) is 17.0 Å². The lowest BCUT2D eigenvalue weighted by atomic mass is 9.86. The summed E-state index contributed by atoms with van der Waals surface area (Å²) < 4.78 is 6.27. The van der Waals surface area contributed by atoms with Crippen molar-refractivity contribution in [1.29, 1.82) is 0 Å². The van der Waals surface area contributed by atoms with E-state index < -0.39 is 0 Å². The Morgan fingerprint density at radius 3 is 2.56 bits per heavy atom. The molecule has 142 valence electrons. The second-order valence-electron chi connectivity index (χ2n) is 7.33. The molecule has 0 bridgehead atoms. The van der Waals surface area contributed by atoms with E-state index in [9.17, 15) is 5.11 Å². The zero-order valence-corrected chi connectivity index (χ0v) is 16.1. The van der Waals surface area contributed by atoms with Gasteiger partial charge < -0.3 is 21.3 Å². The van der Waals surface area contributed by atoms with Gasteiger partial charge in [-0.3, -0.25) is 4.98 Å². The SMILES string of the molecule is Cc1c(O)c(/C(=N/N=C(N)N)c2ccccn2)c(C)c2c1CCC(C)(C)O2. The second-order valence-corrected chi connectivity index (χ2v) is 7.33. The molecule has 3 rings (SSSR count). The van der Waals surface area contributed by atoms with Gasteiger partial charge in [-0.1, -0.05) is 6.07 Å². The van der Waals surface area contributed by atoms with E-state index in [0.717, 1.165) is 35.3 Å². The molecule has 0 unspecified atom stereocenters. The van der Waals surface area contributed by atoms with Crippen molar-refractivity contribution in [2.75, 3.05) is 0 Å². The normalized spacial score (nSPS) is 15.6. The zero-order chi connectivity index (χ0) is 19.8. The number of pyridine rings is 1. The number of aromatic hydroxyl groups is 1. The van der Waals surface area contributed by atoms with Crippen molar-refractivity contribution in [3.8, 4) is 11.5 Å². The molecule has 5 N–H and O–H groups in total. The highest BCUT2D eigenvalue weighted by atomic mass is 16.5. The maximum atomic E-state index is 11.0. The van der Waals surface area contributed by atoms with E-state index in [2.05, 4.69) is 29.0 Å². The van der Waals surface area contributed by atoms with Crippen molar-refractivity contribution in [3.63, 3.8) is 0 Å². The van der Waals surface area contributed by atoms with Crippen molar-refractivity contribution in [3.05, 3.63) is 52.3 Å². The van der Waals surface area contributed by atoms with Crippen LogP contribution in [0.4, 0.5) is 0 Å². The molecule has 2 aromatic rings. The average molecular weight is 367 g/mol. The number of hydrogen-bond donors (Lipinski definition) is 3. The number of hydrogen-bond acceptors (Lipinski definition) is 5. The predicted octanol–water partition coefficient (Wildman–Crippen LogP) is 2.53. The summed E-state index contributed by atoms with van der Waals surface area (Å²) in [6.45, 7) is 7.91. The fraction of sp³-hybridized carbons (Fsp3) is 0.350. The van der Waals surface area contributed by atoms with Crippen LogP contribution in [0.15, 0.2) is 34.6 Å². The number of guanidine groups is 1. The highest BCUT2D eigenvalue weighted by molar-refractivity contribution is 6.15. The van der Waals surface area contributed by atoms with Gasteiger partial charge in [0.05, 0.1) is 11.3 Å². The molecule has 0 saturated carbocycles. The summed E-state index contributed by atoms with van der Waals surface area (Å²) >= 11 is 0. The first-order valence-corrected chi connectivity index (χ1v) is 8.83. The summed E-state index contributed by atoms with van der Waals surface area (Å²) in [6, 6.07) is 5.43. The van der Waals surface area contributed by atoms with Gasteiger partial charge in [-0.2, -0.15) is 0 Å². The number of ether oxygens (including phenoxy) is 1. The van der Waals surface area contributed by atoms with Crippen LogP contribution in [-0.4, -0.2) is 27.4 Å². The van der Waals surface area contributed by atoms with Crippen molar-refractivity contribution in [2.45, 2.75) is 46.1 Å². The molecule has 1 aromatic carbocycles. The quantitative estimate of drug-likeness (QED) is 0.437. The number of aromatic nitrogens is 1. The first-order valence-electron chi connectivity index (χ1n) is 8.83. The minimum atomic E-state index is -0.277. The van der Waals surface area contributed by atoms with Gasteiger partial charge >= 0.3 is 0 Å². The molecule has 0 aliphatic carbocycles. The monoisotopic (exact) mass is 367 g/mol. The van der Waals surface area contributed by atoms with E-state index in [-0.39, 0.29) is 17.3 Å². The Labute approximate surface area is 158 Å². The lowest BCUT2D eigenvalue weighted by Crippen LogP contribution is -2.33. The molecule has 7 heteroatoms. The largest absolute Gasteiger partial charge is 0.507 e. The fourth-order valence-electron chi connectivity index (χ4n) is 3.34. The minimum Gasteiger partial charge on any atom is -0.507 e. The number of phenolic OH excluding ortho intramolecular Hbond substituents is 1. The highest BCUT2D eigenvalue weighted by Gasteiger charge is 2.32. The Morgan fingerprint density at radius 2 is 1.93 bits per heavy atom. The van der Waals surface area contributed by atoms with Crippen LogP contribution in [0, 0.1) is 13.8 Å². The first-order chi connectivity index (χ1) is 12.7. The highest BCUT2D eigenvalue weighted by Crippen LogP contribution is 2.44. The molecule has 2 heterocycles. The third kappa shape index (κ3) is 3.58. The molecular weight excluding hydrogens is 342 g/mol. The van der Waals surface area contributed by atoms with Gasteiger partial charge in [-0.05, 0) is 58.2 Å². The van der Waals surface area contributed by atoms with Gasteiger partial charge in [0.25, 0.3) is 0 Å². The summed E-state index contributed by atoms with van der Waals surface area (Å²) in [5, 5.41) is 19.0. The van der Waals surface area contributed by atoms with Crippen LogP contribution in [-0.2, 0) is 6.42 Å². The average Bonchev–Trinajstić information content (AvgIpc) is 2.62. The zero-order valence-electron chi connectivity index (χ0n) is 16.1. The van der Waals surface area contributed by atoms with Gasteiger partial charge in [0.1, 0.15) is 22.8 Å². The number of phenols is 1. The third-order valence-electron chi connectivity index (χ3n) is 4.80. The lowest BCUT2D eigenvalue weighted by molar-refractivity contribution is 0.0832. The van der Waals surface area contributed by atoms with Crippen molar-refractivity contribution in [1.82, 2.24) is 4.98 Å². The number of benzene rings is 1. The summed E-state index contributed by atoms with van der Waals surface area (Å²) in [5.41, 5.74) is 14.7. The molecule has 1 aliphatic rings. The van der Waals surface area contributed by atoms with Crippen LogP contribution in [0.2, 0.25) is 0 Å². The fourth-order valence-corrected chi connectivity index (χ4v) is 3.34. The molecule has 7 nitrogen and oxygen atoms in total. The molecule has 0 saturated heterocycles. The van der Waals surface area contributed by atoms with Crippen LogP contribution >= 0.6 is 0 Å². The minimum absolute atomic E-state index is 0.143. The molecule has 0 spiro atoms. The number of nitrogens with zero attached hydrogens (tertiary/aromatic N) is 3. The Hall–Kier alpha value is -3.09. The lowest BCUT2D eigenvalue weighted by Gasteiger charge is -2.35. The Kier molecular flexibility index (Phi) is 4.78. The van der Waals surface area contributed by atoms with Crippen LogP contribution < -0.4 is 16.2 Å². The summed E-state index contributed by atoms with van der Waals surface area (Å²) in [6.07, 6.45) is 3.37. The predicted molar refractivity (Wildman–Crippen MR) is 106 cm³/mol. The van der Waals surface area contributed by atoms with E-state index in [1.165, 1.54) is 0 Å². The van der Waals surface area contributed by atoms with Crippen LogP contribution in [0.5, 0.6) is 11.5 Å². The maximum absolute atomic E-state index is 11.0. The van der Waals surface area contributed by atoms with Gasteiger partial charge in [-0.15, -0.1) is 10.2 Å². The van der Waals surface area contributed by atoms with E-state index in [1.54, 1.807) is 18.3 Å². The Balaban J connectivity index is 2.29. The second kappa shape index (κ2) is 6.90. The topological polar surface area (TPSA) is 119 Å². The number of nitrogens with two attached hydrogens (primary N) is 2. The molecular formula is C20H25N5O2. The molecule has 0 amide bonds. The van der Waals surface area contributed by atoms with Crippen molar-refractivity contribution >= 4 is 11.7 Å². The van der Waals surface area contributed by atoms with Crippen molar-refractivity contribution < 1.29 is 9.84 Å². The summed E-state index contributed by atoms with van der Waals surface area (Å²) in [5.74, 6) is 0.752. The molecule has 27 heavy (non-hydrogen) atoms. The molecule has 1 aromatic heterocycles. The standard InChI is InChI=1S/C20H25N5O2/c1-11-13-8-9-20(3,4)27-18(13)12(2)15(17(11)26)16(24-25-19(21)22)14-7-5-6-10-23-14/h5-7,10,26H,8-9H2,1-4H3,(H4,21,22,25)/b24-16+. The van der Waals surface area contributed by atoms with E-state index >= 15 is 0 Å². The van der Waals surface area contributed by atoms with Crippen LogP contribution in [0.1, 0.15) is 48.2 Å². The van der Waals surface area contributed by atoms with Crippen LogP contribution in [0.25, 0.3) is 0 Å². The molecule has 1 aliphatic heterocycles. The maximum Gasteiger partial charge on any atom is 0.211 e. The van der Waals surface area contributed by atoms with E-state index in [1.807, 2.05) is 19.9 Å². The number of rotatable bonds is 3. The van der Waals surface area contributed by atoms with Gasteiger partial charge in [0, 0.05) is 17.3 Å². The van der Waals surface area contributed by atoms with Gasteiger partial charge in [0.15, 0.2) is 0 Å². The smallest absolute Gasteiger partial charge is 0.211 e. The van der Waals surface area contributed by atoms with Gasteiger partial charge in [0.2, 0.25) is 5.96 Å². The van der Waals surface area contributed by atoms with Crippen LogP contribution in [0.3, 0.4) is 0 Å². The Bertz CT molecular complexity index is 929. The number of fused-ring (bicyclic) bond motifs is 1. The summed E-state index contributed by atoms with van der Waals surface area (Å²) in [7, 11) is 0. The third-order valence-corrected chi connectivity index (χ3v) is 4.80. The van der Waals surface area contributed by atoms with Crippen molar-refractivity contribution in [2.24, 2.45) is 21.7 Å². The molecule has 0 fully saturated rings.